The van der Waals surface area contributed by atoms with Gasteiger partial charge in [-0.05, 0) is 6.92 Å². The number of ether oxygens (including phenoxy) is 3. The molecule has 0 saturated heterocycles. The van der Waals surface area contributed by atoms with Crippen molar-refractivity contribution >= 4 is 5.97 Å². The molecular formula is C10H10F3NO5. The number of alkyl halides is 3. The Hall–Kier alpha value is -2.19. The number of aromatic nitrogens is 1. The van der Waals surface area contributed by atoms with E-state index in [2.05, 4.69) is 19.2 Å². The van der Waals surface area contributed by atoms with Gasteiger partial charge in [0, 0.05) is 0 Å². The van der Waals surface area contributed by atoms with Crippen molar-refractivity contribution in [3.63, 3.8) is 0 Å². The molecule has 0 radical (unpaired) electrons. The second-order valence-corrected chi connectivity index (χ2v) is 3.12. The molecule has 19 heavy (non-hydrogen) atoms. The summed E-state index contributed by atoms with van der Waals surface area (Å²) in [6, 6.07) is 0. The lowest BCUT2D eigenvalue weighted by Gasteiger charge is -2.14. The van der Waals surface area contributed by atoms with Gasteiger partial charge in [-0.1, -0.05) is 0 Å². The Morgan fingerprint density at radius 2 is 2.11 bits per heavy atom. The molecule has 0 saturated carbocycles. The summed E-state index contributed by atoms with van der Waals surface area (Å²) in [4.78, 5) is 14.9. The third-order valence-corrected chi connectivity index (χ3v) is 1.88. The highest BCUT2D eigenvalue weighted by molar-refractivity contribution is 5.96. The summed E-state index contributed by atoms with van der Waals surface area (Å²) in [6.45, 7) is 1.37. The molecule has 0 aliphatic rings. The number of carbonyl (C=O) groups excluding carboxylic acids is 1. The number of hydrogen-bond donors (Lipinski definition) is 1. The lowest BCUT2D eigenvalue weighted by molar-refractivity contribution is -0.274. The number of aromatic hydroxyl groups is 1. The molecule has 1 aromatic rings. The highest BCUT2D eigenvalue weighted by Crippen LogP contribution is 2.37. The predicted molar refractivity (Wildman–Crippen MR) is 55.1 cm³/mol. The van der Waals surface area contributed by atoms with Gasteiger partial charge in [-0.25, -0.2) is 9.78 Å². The fourth-order valence-corrected chi connectivity index (χ4v) is 1.22. The second kappa shape index (κ2) is 5.63. The number of esters is 1. The minimum atomic E-state index is -5.04. The molecule has 0 aromatic carbocycles. The van der Waals surface area contributed by atoms with E-state index in [1.807, 2.05) is 0 Å². The monoisotopic (exact) mass is 281 g/mol. The Labute approximate surface area is 105 Å². The van der Waals surface area contributed by atoms with Crippen LogP contribution in [0.2, 0.25) is 0 Å². The molecule has 0 amide bonds. The predicted octanol–water partition coefficient (Wildman–Crippen LogP) is 1.87. The Morgan fingerprint density at radius 3 is 2.58 bits per heavy atom. The van der Waals surface area contributed by atoms with Gasteiger partial charge in [0.05, 0.1) is 19.9 Å². The van der Waals surface area contributed by atoms with Crippen molar-refractivity contribution in [3.05, 3.63) is 11.8 Å². The van der Waals surface area contributed by atoms with Gasteiger partial charge in [0.2, 0.25) is 0 Å². The summed E-state index contributed by atoms with van der Waals surface area (Å²) in [5.41, 5.74) is -0.800. The summed E-state index contributed by atoms with van der Waals surface area (Å²) < 4.78 is 49.2. The Bertz CT molecular complexity index is 475. The fraction of sp³-hybridized carbons (Fsp3) is 0.400. The zero-order chi connectivity index (χ0) is 14.6. The first-order valence-corrected chi connectivity index (χ1v) is 4.99. The molecule has 9 heteroatoms. The Morgan fingerprint density at radius 1 is 1.47 bits per heavy atom. The van der Waals surface area contributed by atoms with Crippen molar-refractivity contribution in [1.82, 2.24) is 4.98 Å². The summed E-state index contributed by atoms with van der Waals surface area (Å²) in [5, 5.41) is 9.63. The average molecular weight is 281 g/mol. The smallest absolute Gasteiger partial charge is 0.502 e. The zero-order valence-corrected chi connectivity index (χ0v) is 9.95. The average Bonchev–Trinajstić information content (AvgIpc) is 2.27. The normalized spacial score (nSPS) is 11.0. The molecule has 0 unspecified atom stereocenters. The third-order valence-electron chi connectivity index (χ3n) is 1.88. The van der Waals surface area contributed by atoms with Crippen molar-refractivity contribution in [2.24, 2.45) is 0 Å². The van der Waals surface area contributed by atoms with Gasteiger partial charge in [-0.15, -0.1) is 13.2 Å². The van der Waals surface area contributed by atoms with Crippen LogP contribution in [0.4, 0.5) is 13.2 Å². The van der Waals surface area contributed by atoms with Crippen LogP contribution >= 0.6 is 0 Å². The summed E-state index contributed by atoms with van der Waals surface area (Å²) >= 11 is 0. The first kappa shape index (κ1) is 14.9. The first-order valence-electron chi connectivity index (χ1n) is 4.99. The van der Waals surface area contributed by atoms with Crippen LogP contribution in [0.1, 0.15) is 17.3 Å². The fourth-order valence-electron chi connectivity index (χ4n) is 1.22. The highest BCUT2D eigenvalue weighted by Gasteiger charge is 2.35. The van der Waals surface area contributed by atoms with Gasteiger partial charge in [-0.3, -0.25) is 0 Å². The van der Waals surface area contributed by atoms with Crippen LogP contribution in [-0.2, 0) is 4.74 Å². The van der Waals surface area contributed by atoms with Crippen LogP contribution in [0.3, 0.4) is 0 Å². The van der Waals surface area contributed by atoms with Crippen molar-refractivity contribution in [2.45, 2.75) is 13.3 Å². The lowest BCUT2D eigenvalue weighted by Crippen LogP contribution is -2.20. The molecule has 1 aromatic heterocycles. The molecule has 0 aliphatic heterocycles. The van der Waals surface area contributed by atoms with Crippen LogP contribution in [0, 0.1) is 0 Å². The molecule has 0 atom stereocenters. The number of pyridine rings is 1. The van der Waals surface area contributed by atoms with Crippen molar-refractivity contribution in [1.29, 1.82) is 0 Å². The summed E-state index contributed by atoms with van der Waals surface area (Å²) in [7, 11) is 1.13. The quantitative estimate of drug-likeness (QED) is 0.849. The van der Waals surface area contributed by atoms with E-state index >= 15 is 0 Å². The third kappa shape index (κ3) is 3.63. The van der Waals surface area contributed by atoms with E-state index < -0.39 is 35.3 Å². The van der Waals surface area contributed by atoms with Crippen LogP contribution in [0.15, 0.2) is 6.20 Å². The van der Waals surface area contributed by atoms with Crippen molar-refractivity contribution < 1.29 is 37.3 Å². The van der Waals surface area contributed by atoms with E-state index in [9.17, 15) is 23.1 Å². The van der Waals surface area contributed by atoms with Gasteiger partial charge in [-0.2, -0.15) is 0 Å². The van der Waals surface area contributed by atoms with Crippen LogP contribution in [0.25, 0.3) is 0 Å². The van der Waals surface area contributed by atoms with E-state index in [1.165, 1.54) is 6.92 Å². The molecule has 0 bridgehead atoms. The number of nitrogens with zero attached hydrogens (tertiary/aromatic N) is 1. The van der Waals surface area contributed by atoms with Crippen LogP contribution in [0.5, 0.6) is 17.4 Å². The molecule has 1 heterocycles. The molecule has 0 spiro atoms. The zero-order valence-electron chi connectivity index (χ0n) is 9.95. The van der Waals surface area contributed by atoms with Gasteiger partial charge in [0.15, 0.2) is 17.1 Å². The first-order chi connectivity index (χ1) is 8.80. The minimum absolute atomic E-state index is 0.0889. The Kier molecular flexibility index (Phi) is 4.41. The maximum Gasteiger partial charge on any atom is 0.573 e. The largest absolute Gasteiger partial charge is 0.573 e. The summed E-state index contributed by atoms with van der Waals surface area (Å²) in [6.07, 6.45) is -4.43. The molecule has 1 N–H and O–H groups in total. The van der Waals surface area contributed by atoms with Gasteiger partial charge >= 0.3 is 12.3 Å². The standard InChI is InChI=1S/C10H10F3NO5/c1-3-18-9(16)6-5(19-10(11,12)13)4-14-8(17-2)7(6)15/h4,15H,3H2,1-2H3. The molecular weight excluding hydrogens is 271 g/mol. The number of hydrogen-bond acceptors (Lipinski definition) is 6. The van der Waals surface area contributed by atoms with E-state index in [1.54, 1.807) is 0 Å². The van der Waals surface area contributed by atoms with E-state index in [0.717, 1.165) is 7.11 Å². The summed E-state index contributed by atoms with van der Waals surface area (Å²) in [5.74, 6) is -3.45. The number of rotatable bonds is 4. The molecule has 0 aliphatic carbocycles. The maximum atomic E-state index is 12.2. The lowest BCUT2D eigenvalue weighted by atomic mass is 10.2. The van der Waals surface area contributed by atoms with E-state index in [0.29, 0.717) is 6.20 Å². The molecule has 106 valence electrons. The number of halogens is 3. The van der Waals surface area contributed by atoms with Crippen molar-refractivity contribution in [3.8, 4) is 17.4 Å². The van der Waals surface area contributed by atoms with Gasteiger partial charge in [0.25, 0.3) is 5.88 Å². The van der Waals surface area contributed by atoms with Crippen LogP contribution < -0.4 is 9.47 Å². The number of methoxy groups -OCH3 is 1. The van der Waals surface area contributed by atoms with Gasteiger partial charge < -0.3 is 19.3 Å². The topological polar surface area (TPSA) is 77.9 Å². The highest BCUT2D eigenvalue weighted by atomic mass is 19.4. The molecule has 6 nitrogen and oxygen atoms in total. The molecule has 0 fully saturated rings. The Balaban J connectivity index is 3.30. The van der Waals surface area contributed by atoms with E-state index in [4.69, 9.17) is 0 Å². The number of carbonyl (C=O) groups is 1. The van der Waals surface area contributed by atoms with E-state index in [-0.39, 0.29) is 6.61 Å². The second-order valence-electron chi connectivity index (χ2n) is 3.12. The van der Waals surface area contributed by atoms with Crippen LogP contribution in [-0.4, -0.2) is 36.1 Å². The maximum absolute atomic E-state index is 12.2. The molecule has 1 rings (SSSR count). The SMILES string of the molecule is CCOC(=O)c1c(OC(F)(F)F)cnc(OC)c1O. The van der Waals surface area contributed by atoms with Crippen molar-refractivity contribution in [2.75, 3.05) is 13.7 Å². The van der Waals surface area contributed by atoms with Gasteiger partial charge in [0.1, 0.15) is 0 Å². The minimum Gasteiger partial charge on any atom is -0.502 e.